The van der Waals surface area contributed by atoms with Gasteiger partial charge in [-0.05, 0) is 29.7 Å². The molecule has 2 fully saturated rings. The van der Waals surface area contributed by atoms with E-state index in [9.17, 15) is 9.90 Å². The lowest BCUT2D eigenvalue weighted by atomic mass is 9.83. The second-order valence-electron chi connectivity index (χ2n) is 7.44. The highest BCUT2D eigenvalue weighted by atomic mass is 16.3. The highest BCUT2D eigenvalue weighted by molar-refractivity contribution is 5.86. The molecule has 0 spiro atoms. The van der Waals surface area contributed by atoms with Crippen LogP contribution in [0.2, 0.25) is 0 Å². The van der Waals surface area contributed by atoms with Crippen LogP contribution in [0, 0.1) is 5.92 Å². The van der Waals surface area contributed by atoms with Gasteiger partial charge in [-0.3, -0.25) is 10.2 Å². The summed E-state index contributed by atoms with van der Waals surface area (Å²) >= 11 is 0. The Morgan fingerprint density at radius 2 is 2.00 bits per heavy atom. The van der Waals surface area contributed by atoms with Gasteiger partial charge in [0.1, 0.15) is 6.04 Å². The first-order chi connectivity index (χ1) is 12.6. The van der Waals surface area contributed by atoms with E-state index in [-0.39, 0.29) is 17.9 Å². The second kappa shape index (κ2) is 6.96. The molecular weight excluding hydrogens is 328 g/mol. The number of rotatable bonds is 3. The summed E-state index contributed by atoms with van der Waals surface area (Å²) in [6, 6.07) is 14.3. The van der Waals surface area contributed by atoms with E-state index in [1.807, 2.05) is 11.0 Å². The first kappa shape index (κ1) is 17.4. The summed E-state index contributed by atoms with van der Waals surface area (Å²) in [5.41, 5.74) is 14.0. The van der Waals surface area contributed by atoms with Crippen LogP contribution in [0.25, 0.3) is 10.8 Å². The number of carbonyl (C=O) groups excluding carboxylic acids is 1. The lowest BCUT2D eigenvalue weighted by Gasteiger charge is -2.37. The van der Waals surface area contributed by atoms with Gasteiger partial charge in [0.05, 0.1) is 12.1 Å². The van der Waals surface area contributed by atoms with Crippen LogP contribution in [0.15, 0.2) is 42.5 Å². The standard InChI is InChI=1S/C20H26N4O2/c1-12(25)18(21)20(26)24-10-9-17-16(11-24)19(23-22-17)15-8-4-6-13-5-2-3-7-14(13)15/h2-8,12,16-19,22-23,25H,9-11,21H2,1H3/t12-,16?,17?,18+,19?/m1/s1. The van der Waals surface area contributed by atoms with Crippen LogP contribution < -0.4 is 16.6 Å². The zero-order valence-electron chi connectivity index (χ0n) is 14.9. The maximum atomic E-state index is 12.6. The lowest BCUT2D eigenvalue weighted by molar-refractivity contribution is -0.136. The van der Waals surface area contributed by atoms with E-state index in [0.717, 1.165) is 6.42 Å². The number of carbonyl (C=O) groups is 1. The molecule has 6 heteroatoms. The maximum absolute atomic E-state index is 12.6. The molecular formula is C20H26N4O2. The molecule has 1 amide bonds. The summed E-state index contributed by atoms with van der Waals surface area (Å²) in [6.45, 7) is 2.86. The molecule has 2 aliphatic rings. The van der Waals surface area contributed by atoms with Crippen LogP contribution in [0.4, 0.5) is 0 Å². The van der Waals surface area contributed by atoms with Gasteiger partial charge in [-0.25, -0.2) is 5.43 Å². The van der Waals surface area contributed by atoms with E-state index in [1.54, 1.807) is 6.92 Å². The molecule has 26 heavy (non-hydrogen) atoms. The third kappa shape index (κ3) is 2.99. The summed E-state index contributed by atoms with van der Waals surface area (Å²) < 4.78 is 0. The van der Waals surface area contributed by atoms with Crippen LogP contribution in [0.5, 0.6) is 0 Å². The zero-order chi connectivity index (χ0) is 18.3. The number of hydrogen-bond acceptors (Lipinski definition) is 5. The van der Waals surface area contributed by atoms with Gasteiger partial charge in [-0.2, -0.15) is 0 Å². The zero-order valence-corrected chi connectivity index (χ0v) is 14.9. The Balaban J connectivity index is 1.60. The molecule has 2 aromatic rings. The van der Waals surface area contributed by atoms with E-state index in [2.05, 4.69) is 47.2 Å². The average molecular weight is 354 g/mol. The Morgan fingerprint density at radius 3 is 2.81 bits per heavy atom. The number of benzene rings is 2. The Labute approximate surface area is 153 Å². The van der Waals surface area contributed by atoms with Crippen LogP contribution >= 0.6 is 0 Å². The van der Waals surface area contributed by atoms with Gasteiger partial charge in [0.2, 0.25) is 5.91 Å². The van der Waals surface area contributed by atoms with Gasteiger partial charge in [-0.15, -0.1) is 0 Å². The molecule has 2 aliphatic heterocycles. The highest BCUT2D eigenvalue weighted by Gasteiger charge is 2.42. The van der Waals surface area contributed by atoms with Crippen molar-refractivity contribution in [3.63, 3.8) is 0 Å². The van der Waals surface area contributed by atoms with E-state index >= 15 is 0 Å². The SMILES string of the molecule is C[C@@H](O)[C@H](N)C(=O)N1CCC2NNC(c3cccc4ccccc34)C2C1. The van der Waals surface area contributed by atoms with Crippen molar-refractivity contribution in [3.8, 4) is 0 Å². The van der Waals surface area contributed by atoms with E-state index in [0.29, 0.717) is 19.1 Å². The monoisotopic (exact) mass is 354 g/mol. The largest absolute Gasteiger partial charge is 0.391 e. The molecule has 2 saturated heterocycles. The summed E-state index contributed by atoms with van der Waals surface area (Å²) in [5.74, 6) is 0.0988. The van der Waals surface area contributed by atoms with Crippen molar-refractivity contribution in [2.45, 2.75) is 37.6 Å². The summed E-state index contributed by atoms with van der Waals surface area (Å²) in [7, 11) is 0. The Kier molecular flexibility index (Phi) is 4.67. The van der Waals surface area contributed by atoms with Crippen molar-refractivity contribution in [1.29, 1.82) is 0 Å². The van der Waals surface area contributed by atoms with Crippen molar-refractivity contribution >= 4 is 16.7 Å². The molecule has 0 bridgehead atoms. The molecule has 0 aromatic heterocycles. The third-order valence-electron chi connectivity index (χ3n) is 5.79. The van der Waals surface area contributed by atoms with Gasteiger partial charge in [0, 0.05) is 25.0 Å². The predicted molar refractivity (Wildman–Crippen MR) is 101 cm³/mol. The van der Waals surface area contributed by atoms with Crippen LogP contribution in [-0.4, -0.2) is 47.2 Å². The molecule has 4 rings (SSSR count). The Hall–Kier alpha value is -1.99. The van der Waals surface area contributed by atoms with Crippen LogP contribution in [0.1, 0.15) is 24.9 Å². The molecule has 5 N–H and O–H groups in total. The Bertz CT molecular complexity index is 804. The van der Waals surface area contributed by atoms with Crippen LogP contribution in [0.3, 0.4) is 0 Å². The molecule has 0 aliphatic carbocycles. The van der Waals surface area contributed by atoms with Crippen molar-refractivity contribution in [2.75, 3.05) is 13.1 Å². The molecule has 0 radical (unpaired) electrons. The fourth-order valence-corrected chi connectivity index (χ4v) is 4.25. The minimum absolute atomic E-state index is 0.129. The van der Waals surface area contributed by atoms with Crippen molar-refractivity contribution in [3.05, 3.63) is 48.0 Å². The number of nitrogens with two attached hydrogens (primary N) is 1. The van der Waals surface area contributed by atoms with E-state index in [1.165, 1.54) is 16.3 Å². The summed E-state index contributed by atoms with van der Waals surface area (Å²) in [4.78, 5) is 14.4. The van der Waals surface area contributed by atoms with Crippen molar-refractivity contribution in [2.24, 2.45) is 11.7 Å². The lowest BCUT2D eigenvalue weighted by Crippen LogP contribution is -2.54. The van der Waals surface area contributed by atoms with E-state index in [4.69, 9.17) is 5.73 Å². The van der Waals surface area contributed by atoms with Gasteiger partial charge in [0.15, 0.2) is 0 Å². The van der Waals surface area contributed by atoms with Crippen LogP contribution in [-0.2, 0) is 4.79 Å². The molecule has 2 aromatic carbocycles. The van der Waals surface area contributed by atoms with Gasteiger partial charge in [0.25, 0.3) is 0 Å². The summed E-state index contributed by atoms with van der Waals surface area (Å²) in [6.07, 6.45) is 0.0333. The normalized spacial score (nSPS) is 28.0. The minimum Gasteiger partial charge on any atom is -0.391 e. The predicted octanol–water partition coefficient (Wildman–Crippen LogP) is 0.914. The van der Waals surface area contributed by atoms with Gasteiger partial charge < -0.3 is 15.7 Å². The van der Waals surface area contributed by atoms with E-state index < -0.39 is 12.1 Å². The number of hydrogen-bond donors (Lipinski definition) is 4. The number of aliphatic hydroxyl groups is 1. The summed E-state index contributed by atoms with van der Waals surface area (Å²) in [5, 5.41) is 12.1. The molecule has 2 heterocycles. The fraction of sp³-hybridized carbons (Fsp3) is 0.450. The number of piperidine rings is 1. The number of nitrogens with zero attached hydrogens (tertiary/aromatic N) is 1. The molecule has 5 atom stereocenters. The number of amides is 1. The number of likely N-dealkylation sites (tertiary alicyclic amines) is 1. The smallest absolute Gasteiger partial charge is 0.242 e. The Morgan fingerprint density at radius 1 is 1.23 bits per heavy atom. The fourth-order valence-electron chi connectivity index (χ4n) is 4.25. The number of nitrogens with one attached hydrogen (secondary N) is 2. The molecule has 0 saturated carbocycles. The first-order valence-electron chi connectivity index (χ1n) is 9.27. The maximum Gasteiger partial charge on any atom is 0.242 e. The molecule has 138 valence electrons. The van der Waals surface area contributed by atoms with Crippen molar-refractivity contribution < 1.29 is 9.90 Å². The quantitative estimate of drug-likeness (QED) is 0.658. The van der Waals surface area contributed by atoms with Gasteiger partial charge >= 0.3 is 0 Å². The molecule has 3 unspecified atom stereocenters. The third-order valence-corrected chi connectivity index (χ3v) is 5.79. The first-order valence-corrected chi connectivity index (χ1v) is 9.27. The highest BCUT2D eigenvalue weighted by Crippen LogP contribution is 2.36. The number of fused-ring (bicyclic) bond motifs is 2. The van der Waals surface area contributed by atoms with Gasteiger partial charge in [-0.1, -0.05) is 42.5 Å². The van der Waals surface area contributed by atoms with Crippen molar-refractivity contribution in [1.82, 2.24) is 15.8 Å². The minimum atomic E-state index is -0.857. The average Bonchev–Trinajstić information content (AvgIpc) is 3.09. The molecule has 6 nitrogen and oxygen atoms in total. The number of aliphatic hydroxyl groups excluding tert-OH is 1. The second-order valence-corrected chi connectivity index (χ2v) is 7.44. The number of hydrazine groups is 1. The topological polar surface area (TPSA) is 90.6 Å².